The molecule has 92 valence electrons. The third-order valence-corrected chi connectivity index (χ3v) is 3.54. The molecule has 1 fully saturated rings. The average Bonchev–Trinajstić information content (AvgIpc) is 2.76. The van der Waals surface area contributed by atoms with Crippen LogP contribution in [0.15, 0.2) is 12.3 Å². The van der Waals surface area contributed by atoms with Crippen molar-refractivity contribution < 1.29 is 0 Å². The fourth-order valence-corrected chi connectivity index (χ4v) is 2.48. The number of hydrogen-bond acceptors (Lipinski definition) is 3. The van der Waals surface area contributed by atoms with Crippen LogP contribution in [0.25, 0.3) is 0 Å². The molecule has 2 rings (SSSR count). The van der Waals surface area contributed by atoms with Gasteiger partial charge in [-0.1, -0.05) is 0 Å². The summed E-state index contributed by atoms with van der Waals surface area (Å²) in [6, 6.07) is 4.38. The maximum absolute atomic E-state index is 9.00. The van der Waals surface area contributed by atoms with Crippen molar-refractivity contribution in [3.63, 3.8) is 0 Å². The lowest BCUT2D eigenvalue weighted by Crippen LogP contribution is -2.46. The van der Waals surface area contributed by atoms with Crippen molar-refractivity contribution in [2.45, 2.75) is 45.2 Å². The zero-order valence-corrected chi connectivity index (χ0v) is 10.8. The summed E-state index contributed by atoms with van der Waals surface area (Å²) in [5, 5.41) is 13.3. The van der Waals surface area contributed by atoms with Crippen LogP contribution >= 0.6 is 0 Å². The largest absolute Gasteiger partial charge is 0.298 e. The minimum absolute atomic E-state index is 0.243. The first-order valence-corrected chi connectivity index (χ1v) is 6.21. The number of piperidine rings is 1. The van der Waals surface area contributed by atoms with E-state index in [2.05, 4.69) is 36.8 Å². The standard InChI is InChI=1S/C13H20N4/c1-13(2,3)16-8-5-11(6-9-16)17-12(10-14)4-7-15-17/h4,7,11H,5-6,8-9H2,1-3H3. The molecule has 0 N–H and O–H groups in total. The molecular formula is C13H20N4. The van der Waals surface area contributed by atoms with Gasteiger partial charge in [0.25, 0.3) is 0 Å². The second-order valence-electron chi connectivity index (χ2n) is 5.66. The molecule has 1 aromatic heterocycles. The Bertz CT molecular complexity index is 413. The van der Waals surface area contributed by atoms with Crippen molar-refractivity contribution in [3.05, 3.63) is 18.0 Å². The fraction of sp³-hybridized carbons (Fsp3) is 0.692. The van der Waals surface area contributed by atoms with E-state index in [-0.39, 0.29) is 5.54 Å². The molecule has 1 aliphatic heterocycles. The van der Waals surface area contributed by atoms with Crippen LogP contribution in [0.1, 0.15) is 45.3 Å². The van der Waals surface area contributed by atoms with Gasteiger partial charge in [0, 0.05) is 18.6 Å². The van der Waals surface area contributed by atoms with E-state index < -0.39 is 0 Å². The lowest BCUT2D eigenvalue weighted by molar-refractivity contribution is 0.0868. The number of hydrogen-bond donors (Lipinski definition) is 0. The predicted octanol–water partition coefficient (Wildman–Crippen LogP) is 2.19. The van der Waals surface area contributed by atoms with E-state index in [4.69, 9.17) is 5.26 Å². The predicted molar refractivity (Wildman–Crippen MR) is 66.5 cm³/mol. The molecule has 0 unspecified atom stereocenters. The Balaban J connectivity index is 2.03. The summed E-state index contributed by atoms with van der Waals surface area (Å²) in [5.41, 5.74) is 0.923. The summed E-state index contributed by atoms with van der Waals surface area (Å²) >= 11 is 0. The highest BCUT2D eigenvalue weighted by molar-refractivity contribution is 5.19. The van der Waals surface area contributed by atoms with Crippen LogP contribution in [0.2, 0.25) is 0 Å². The van der Waals surface area contributed by atoms with Gasteiger partial charge in [0.15, 0.2) is 0 Å². The van der Waals surface area contributed by atoms with Gasteiger partial charge in [-0.05, 0) is 39.7 Å². The molecule has 0 bridgehead atoms. The van der Waals surface area contributed by atoms with Crippen LogP contribution in [-0.2, 0) is 0 Å². The first-order valence-electron chi connectivity index (χ1n) is 6.21. The highest BCUT2D eigenvalue weighted by Crippen LogP contribution is 2.27. The van der Waals surface area contributed by atoms with Crippen LogP contribution in [0.3, 0.4) is 0 Å². The molecule has 1 aliphatic rings. The molecule has 0 radical (unpaired) electrons. The van der Waals surface area contributed by atoms with E-state index in [1.807, 2.05) is 4.68 Å². The summed E-state index contributed by atoms with van der Waals surface area (Å²) in [7, 11) is 0. The first kappa shape index (κ1) is 12.1. The molecule has 1 saturated heterocycles. The van der Waals surface area contributed by atoms with Gasteiger partial charge in [0.1, 0.15) is 11.8 Å². The Morgan fingerprint density at radius 1 is 1.35 bits per heavy atom. The summed E-state index contributed by atoms with van der Waals surface area (Å²) in [6.45, 7) is 8.92. The van der Waals surface area contributed by atoms with E-state index in [1.54, 1.807) is 12.3 Å². The van der Waals surface area contributed by atoms with Crippen molar-refractivity contribution in [2.24, 2.45) is 0 Å². The van der Waals surface area contributed by atoms with E-state index >= 15 is 0 Å². The van der Waals surface area contributed by atoms with Crippen molar-refractivity contribution in [3.8, 4) is 6.07 Å². The van der Waals surface area contributed by atoms with E-state index in [0.717, 1.165) is 25.9 Å². The number of aromatic nitrogens is 2. The molecule has 17 heavy (non-hydrogen) atoms. The van der Waals surface area contributed by atoms with E-state index in [9.17, 15) is 0 Å². The van der Waals surface area contributed by atoms with Crippen LogP contribution in [-0.4, -0.2) is 33.3 Å². The minimum Gasteiger partial charge on any atom is -0.298 e. The van der Waals surface area contributed by atoms with Crippen molar-refractivity contribution in [1.29, 1.82) is 5.26 Å². The second-order valence-corrected chi connectivity index (χ2v) is 5.66. The second kappa shape index (κ2) is 4.50. The molecule has 0 amide bonds. The maximum Gasteiger partial charge on any atom is 0.138 e. The van der Waals surface area contributed by atoms with Gasteiger partial charge in [-0.2, -0.15) is 10.4 Å². The Morgan fingerprint density at radius 3 is 2.53 bits per heavy atom. The van der Waals surface area contributed by atoms with Gasteiger partial charge in [0.2, 0.25) is 0 Å². The minimum atomic E-state index is 0.243. The number of nitrogens with zero attached hydrogens (tertiary/aromatic N) is 4. The van der Waals surface area contributed by atoms with Gasteiger partial charge in [-0.3, -0.25) is 9.58 Å². The Hall–Kier alpha value is -1.34. The molecular weight excluding hydrogens is 212 g/mol. The molecule has 4 nitrogen and oxygen atoms in total. The average molecular weight is 232 g/mol. The Labute approximate surface area is 103 Å². The van der Waals surface area contributed by atoms with Crippen LogP contribution in [0, 0.1) is 11.3 Å². The van der Waals surface area contributed by atoms with Crippen molar-refractivity contribution >= 4 is 0 Å². The SMILES string of the molecule is CC(C)(C)N1CCC(n2nccc2C#N)CC1. The third kappa shape index (κ3) is 2.50. The number of rotatable bonds is 1. The van der Waals surface area contributed by atoms with E-state index in [1.165, 1.54) is 0 Å². The summed E-state index contributed by atoms with van der Waals surface area (Å²) in [5.74, 6) is 0. The lowest BCUT2D eigenvalue weighted by atomic mass is 9.98. The fourth-order valence-electron chi connectivity index (χ4n) is 2.48. The summed E-state index contributed by atoms with van der Waals surface area (Å²) < 4.78 is 1.89. The third-order valence-electron chi connectivity index (χ3n) is 3.54. The summed E-state index contributed by atoms with van der Waals surface area (Å²) in [6.07, 6.45) is 3.87. The molecule has 0 aromatic carbocycles. The van der Waals surface area contributed by atoms with Gasteiger partial charge >= 0.3 is 0 Å². The monoisotopic (exact) mass is 232 g/mol. The molecule has 1 aromatic rings. The van der Waals surface area contributed by atoms with Crippen molar-refractivity contribution in [2.75, 3.05) is 13.1 Å². The molecule has 4 heteroatoms. The van der Waals surface area contributed by atoms with Crippen LogP contribution < -0.4 is 0 Å². The number of likely N-dealkylation sites (tertiary alicyclic amines) is 1. The smallest absolute Gasteiger partial charge is 0.138 e. The molecule has 0 spiro atoms. The maximum atomic E-state index is 9.00. The molecule has 0 atom stereocenters. The van der Waals surface area contributed by atoms with Gasteiger partial charge in [-0.15, -0.1) is 0 Å². The first-order chi connectivity index (χ1) is 8.02. The topological polar surface area (TPSA) is 44.9 Å². The quantitative estimate of drug-likeness (QED) is 0.745. The highest BCUT2D eigenvalue weighted by atomic mass is 15.3. The van der Waals surface area contributed by atoms with Gasteiger partial charge in [-0.25, -0.2) is 0 Å². The zero-order chi connectivity index (χ0) is 12.5. The zero-order valence-electron chi connectivity index (χ0n) is 10.8. The van der Waals surface area contributed by atoms with Crippen LogP contribution in [0.4, 0.5) is 0 Å². The van der Waals surface area contributed by atoms with Gasteiger partial charge < -0.3 is 0 Å². The highest BCUT2D eigenvalue weighted by Gasteiger charge is 2.28. The summed E-state index contributed by atoms with van der Waals surface area (Å²) in [4.78, 5) is 2.50. The Morgan fingerprint density at radius 2 is 2.00 bits per heavy atom. The molecule has 0 aliphatic carbocycles. The molecule has 0 saturated carbocycles. The van der Waals surface area contributed by atoms with Crippen molar-refractivity contribution in [1.82, 2.24) is 14.7 Å². The van der Waals surface area contributed by atoms with Gasteiger partial charge in [0.05, 0.1) is 12.2 Å². The number of nitriles is 1. The van der Waals surface area contributed by atoms with E-state index in [0.29, 0.717) is 11.7 Å². The lowest BCUT2D eigenvalue weighted by Gasteiger charge is -2.40. The normalized spacial score (nSPS) is 19.2. The Kier molecular flexibility index (Phi) is 3.21. The molecule has 2 heterocycles. The van der Waals surface area contributed by atoms with Crippen LogP contribution in [0.5, 0.6) is 0 Å².